The Balaban J connectivity index is 1.91. The van der Waals surface area contributed by atoms with Gasteiger partial charge in [-0.2, -0.15) is 0 Å². The van der Waals surface area contributed by atoms with Gasteiger partial charge in [-0.1, -0.05) is 36.4 Å². The second-order valence-electron chi connectivity index (χ2n) is 6.97. The molecule has 31 heavy (non-hydrogen) atoms. The predicted octanol–water partition coefficient (Wildman–Crippen LogP) is 5.51. The quantitative estimate of drug-likeness (QED) is 0.453. The number of aryl methyl sites for hydroxylation is 1. The molecule has 1 aromatic heterocycles. The summed E-state index contributed by atoms with van der Waals surface area (Å²) in [6, 6.07) is 20.0. The van der Waals surface area contributed by atoms with Gasteiger partial charge in [-0.05, 0) is 48.4 Å². The van der Waals surface area contributed by atoms with Crippen LogP contribution in [-0.4, -0.2) is 20.1 Å². The number of nitrogens with one attached hydrogen (secondary N) is 1. The average molecular weight is 432 g/mol. The molecule has 0 spiro atoms. The van der Waals surface area contributed by atoms with Crippen LogP contribution in [0.4, 0.5) is 5.00 Å². The van der Waals surface area contributed by atoms with E-state index < -0.39 is 0 Å². The number of hydrogen-bond acceptors (Lipinski definition) is 5. The lowest BCUT2D eigenvalue weighted by atomic mass is 10.0. The fourth-order valence-electron chi connectivity index (χ4n) is 3.48. The number of rotatable bonds is 5. The molecule has 3 aromatic carbocycles. The number of ether oxygens (including phenoxy) is 2. The zero-order chi connectivity index (χ0) is 22.0. The summed E-state index contributed by atoms with van der Waals surface area (Å²) < 4.78 is 11.5. The SMILES string of the molecule is COc1ccc(-c2c(NC(=O)c3ccccc3C)sc3ccccc3c2=O)cc1OC. The van der Waals surface area contributed by atoms with E-state index in [1.165, 1.54) is 11.3 Å². The standard InChI is InChI=1S/C25H21NO4S/c1-15-8-4-5-9-17(15)24(28)26-25-22(16-12-13-19(29-2)20(14-16)30-3)23(27)18-10-6-7-11-21(18)31-25/h4-14H,1-3H3,(H,26,28). The maximum absolute atomic E-state index is 13.5. The number of carbonyl (C=O) groups excluding carboxylic acids is 1. The van der Waals surface area contributed by atoms with E-state index in [2.05, 4.69) is 5.32 Å². The van der Waals surface area contributed by atoms with E-state index in [1.54, 1.807) is 44.6 Å². The van der Waals surface area contributed by atoms with Gasteiger partial charge in [-0.25, -0.2) is 0 Å². The molecule has 0 atom stereocenters. The fraction of sp³-hybridized carbons (Fsp3) is 0.120. The Morgan fingerprint density at radius 3 is 2.35 bits per heavy atom. The van der Waals surface area contributed by atoms with Crippen LogP contribution in [0.3, 0.4) is 0 Å². The summed E-state index contributed by atoms with van der Waals surface area (Å²) in [6.45, 7) is 1.88. The van der Waals surface area contributed by atoms with Gasteiger partial charge < -0.3 is 14.8 Å². The van der Waals surface area contributed by atoms with Crippen molar-refractivity contribution in [1.29, 1.82) is 0 Å². The van der Waals surface area contributed by atoms with Gasteiger partial charge in [-0.15, -0.1) is 11.3 Å². The van der Waals surface area contributed by atoms with Crippen LogP contribution in [0.25, 0.3) is 21.2 Å². The topological polar surface area (TPSA) is 64.6 Å². The third-order valence-corrected chi connectivity index (χ3v) is 6.17. The van der Waals surface area contributed by atoms with Gasteiger partial charge in [-0.3, -0.25) is 9.59 Å². The normalized spacial score (nSPS) is 10.7. The highest BCUT2D eigenvalue weighted by Crippen LogP contribution is 2.37. The maximum Gasteiger partial charge on any atom is 0.256 e. The second-order valence-corrected chi connectivity index (χ2v) is 8.02. The van der Waals surface area contributed by atoms with Crippen molar-refractivity contribution in [3.05, 3.63) is 88.1 Å². The lowest BCUT2D eigenvalue weighted by Crippen LogP contribution is -2.16. The van der Waals surface area contributed by atoms with E-state index in [4.69, 9.17) is 9.47 Å². The minimum atomic E-state index is -0.259. The monoisotopic (exact) mass is 431 g/mol. The first-order valence-electron chi connectivity index (χ1n) is 9.68. The molecule has 0 fully saturated rings. The Hall–Kier alpha value is -3.64. The number of carbonyl (C=O) groups is 1. The third-order valence-electron chi connectivity index (χ3n) is 5.09. The lowest BCUT2D eigenvalue weighted by molar-refractivity contribution is 0.102. The highest BCUT2D eigenvalue weighted by atomic mass is 32.1. The molecule has 0 unspecified atom stereocenters. The minimum Gasteiger partial charge on any atom is -0.493 e. The zero-order valence-electron chi connectivity index (χ0n) is 17.4. The van der Waals surface area contributed by atoms with Crippen molar-refractivity contribution in [2.75, 3.05) is 19.5 Å². The van der Waals surface area contributed by atoms with Crippen LogP contribution in [0, 0.1) is 6.92 Å². The Morgan fingerprint density at radius 2 is 1.61 bits per heavy atom. The van der Waals surface area contributed by atoms with Gasteiger partial charge in [0.2, 0.25) is 0 Å². The number of anilines is 1. The van der Waals surface area contributed by atoms with Crippen molar-refractivity contribution >= 4 is 32.3 Å². The molecule has 0 radical (unpaired) electrons. The number of methoxy groups -OCH3 is 2. The Labute approximate surface area is 183 Å². The maximum atomic E-state index is 13.5. The van der Waals surface area contributed by atoms with E-state index in [1.807, 2.05) is 43.3 Å². The number of amides is 1. The van der Waals surface area contributed by atoms with E-state index in [0.29, 0.717) is 38.6 Å². The van der Waals surface area contributed by atoms with Gasteiger partial charge in [0.1, 0.15) is 5.00 Å². The molecule has 4 rings (SSSR count). The summed E-state index contributed by atoms with van der Waals surface area (Å²) in [6.07, 6.45) is 0. The first-order chi connectivity index (χ1) is 15.0. The van der Waals surface area contributed by atoms with E-state index in [-0.39, 0.29) is 11.3 Å². The van der Waals surface area contributed by atoms with Crippen LogP contribution < -0.4 is 20.2 Å². The van der Waals surface area contributed by atoms with E-state index in [9.17, 15) is 9.59 Å². The summed E-state index contributed by atoms with van der Waals surface area (Å²) in [5.41, 5.74) is 2.34. The molecule has 0 aliphatic carbocycles. The number of benzene rings is 3. The van der Waals surface area contributed by atoms with Crippen LogP contribution in [0.1, 0.15) is 15.9 Å². The zero-order valence-corrected chi connectivity index (χ0v) is 18.2. The second kappa shape index (κ2) is 8.62. The first kappa shape index (κ1) is 20.6. The van der Waals surface area contributed by atoms with Gasteiger partial charge in [0, 0.05) is 15.6 Å². The van der Waals surface area contributed by atoms with Gasteiger partial charge in [0.25, 0.3) is 5.91 Å². The summed E-state index contributed by atoms with van der Waals surface area (Å²) >= 11 is 1.37. The Morgan fingerprint density at radius 1 is 0.903 bits per heavy atom. The largest absolute Gasteiger partial charge is 0.493 e. The molecule has 5 nitrogen and oxygen atoms in total. The van der Waals surface area contributed by atoms with Crippen LogP contribution in [-0.2, 0) is 0 Å². The first-order valence-corrected chi connectivity index (χ1v) is 10.5. The number of fused-ring (bicyclic) bond motifs is 1. The van der Waals surface area contributed by atoms with Gasteiger partial charge >= 0.3 is 0 Å². The molecule has 6 heteroatoms. The van der Waals surface area contributed by atoms with Crippen molar-refractivity contribution in [2.24, 2.45) is 0 Å². The molecule has 4 aromatic rings. The van der Waals surface area contributed by atoms with Crippen LogP contribution in [0.5, 0.6) is 11.5 Å². The molecular weight excluding hydrogens is 410 g/mol. The van der Waals surface area contributed by atoms with E-state index in [0.717, 1.165) is 10.3 Å². The van der Waals surface area contributed by atoms with Crippen molar-refractivity contribution < 1.29 is 14.3 Å². The smallest absolute Gasteiger partial charge is 0.256 e. The average Bonchev–Trinajstić information content (AvgIpc) is 2.79. The molecular formula is C25H21NO4S. The molecule has 1 N–H and O–H groups in total. The van der Waals surface area contributed by atoms with Gasteiger partial charge in [0.15, 0.2) is 16.9 Å². The van der Waals surface area contributed by atoms with Crippen molar-refractivity contribution in [3.63, 3.8) is 0 Å². The summed E-state index contributed by atoms with van der Waals surface area (Å²) in [5, 5.41) is 4.07. The Bertz CT molecular complexity index is 1340. The summed E-state index contributed by atoms with van der Waals surface area (Å²) in [4.78, 5) is 26.5. The van der Waals surface area contributed by atoms with Crippen LogP contribution in [0.15, 0.2) is 71.5 Å². The molecule has 0 aliphatic rings. The molecule has 0 aliphatic heterocycles. The molecule has 0 bridgehead atoms. The lowest BCUT2D eigenvalue weighted by Gasteiger charge is -2.14. The van der Waals surface area contributed by atoms with Crippen molar-refractivity contribution in [1.82, 2.24) is 0 Å². The number of hydrogen-bond donors (Lipinski definition) is 1. The molecule has 1 heterocycles. The highest BCUT2D eigenvalue weighted by Gasteiger charge is 2.19. The minimum absolute atomic E-state index is 0.151. The van der Waals surface area contributed by atoms with Crippen molar-refractivity contribution in [3.8, 4) is 22.6 Å². The molecule has 1 amide bonds. The highest BCUT2D eigenvalue weighted by molar-refractivity contribution is 7.22. The molecule has 156 valence electrons. The fourth-order valence-corrected chi connectivity index (χ4v) is 4.58. The van der Waals surface area contributed by atoms with Gasteiger partial charge in [0.05, 0.1) is 19.8 Å². The summed E-state index contributed by atoms with van der Waals surface area (Å²) in [7, 11) is 3.10. The third kappa shape index (κ3) is 3.90. The van der Waals surface area contributed by atoms with Crippen LogP contribution >= 0.6 is 11.3 Å². The Kier molecular flexibility index (Phi) is 5.73. The summed E-state index contributed by atoms with van der Waals surface area (Å²) in [5.74, 6) is 0.813. The molecule has 0 saturated heterocycles. The molecule has 0 saturated carbocycles. The van der Waals surface area contributed by atoms with Crippen molar-refractivity contribution in [2.45, 2.75) is 6.92 Å². The van der Waals surface area contributed by atoms with E-state index >= 15 is 0 Å². The predicted molar refractivity (Wildman–Crippen MR) is 126 cm³/mol. The van der Waals surface area contributed by atoms with Crippen LogP contribution in [0.2, 0.25) is 0 Å².